The molecule has 0 aliphatic heterocycles. The summed E-state index contributed by atoms with van der Waals surface area (Å²) in [4.78, 5) is 28.6. The molecule has 0 fully saturated rings. The number of nitrogens with zero attached hydrogens (tertiary/aromatic N) is 4. The minimum absolute atomic E-state index is 0.105. The Hall–Kier alpha value is -3.71. The summed E-state index contributed by atoms with van der Waals surface area (Å²) in [5.74, 6) is 1.49. The molecule has 0 saturated heterocycles. The van der Waals surface area contributed by atoms with Gasteiger partial charge in [0.25, 0.3) is 5.91 Å². The van der Waals surface area contributed by atoms with E-state index in [1.54, 1.807) is 24.2 Å². The molecule has 2 aromatic carbocycles. The summed E-state index contributed by atoms with van der Waals surface area (Å²) in [5.41, 5.74) is 4.62. The van der Waals surface area contributed by atoms with Crippen molar-refractivity contribution >= 4 is 23.5 Å². The molecule has 0 radical (unpaired) electrons. The second-order valence-corrected chi connectivity index (χ2v) is 8.91. The lowest BCUT2D eigenvalue weighted by Gasteiger charge is -2.21. The molecule has 4 aromatic rings. The fourth-order valence-electron chi connectivity index (χ4n) is 3.68. The van der Waals surface area contributed by atoms with Crippen LogP contribution in [0.1, 0.15) is 35.3 Å². The van der Waals surface area contributed by atoms with Crippen molar-refractivity contribution in [1.29, 1.82) is 0 Å². The topological polar surface area (TPSA) is 71.0 Å². The maximum Gasteiger partial charge on any atom is 0.251 e. The number of aromatic nitrogens is 3. The molecule has 2 aromatic heterocycles. The second-order valence-electron chi connectivity index (χ2n) is 7.97. The molecule has 0 spiro atoms. The number of carbonyl (C=O) groups is 1. The van der Waals surface area contributed by atoms with Crippen LogP contribution in [-0.4, -0.2) is 33.9 Å². The number of amides is 1. The highest BCUT2D eigenvalue weighted by Gasteiger charge is 2.12. The molecule has 0 atom stereocenters. The largest absolute Gasteiger partial charge is 0.357 e. The van der Waals surface area contributed by atoms with Gasteiger partial charge in [0.05, 0.1) is 5.69 Å². The van der Waals surface area contributed by atoms with Gasteiger partial charge in [-0.05, 0) is 43.2 Å². The maximum absolute atomic E-state index is 12.7. The third kappa shape index (κ3) is 6.67. The van der Waals surface area contributed by atoms with Crippen LogP contribution in [0.3, 0.4) is 0 Å². The fourth-order valence-corrected chi connectivity index (χ4v) is 4.48. The molecule has 1 N–H and O–H groups in total. The Kier molecular flexibility index (Phi) is 8.46. The van der Waals surface area contributed by atoms with Gasteiger partial charge in [-0.3, -0.25) is 9.78 Å². The van der Waals surface area contributed by atoms with Gasteiger partial charge in [-0.25, -0.2) is 9.97 Å². The number of thioether (sulfide) groups is 1. The van der Waals surface area contributed by atoms with Crippen molar-refractivity contribution in [2.24, 2.45) is 0 Å². The van der Waals surface area contributed by atoms with E-state index in [9.17, 15) is 4.79 Å². The van der Waals surface area contributed by atoms with Crippen molar-refractivity contribution < 1.29 is 4.79 Å². The van der Waals surface area contributed by atoms with Crippen LogP contribution in [0.25, 0.3) is 11.3 Å². The van der Waals surface area contributed by atoms with Crippen LogP contribution in [-0.2, 0) is 12.3 Å². The minimum Gasteiger partial charge on any atom is -0.357 e. The molecule has 7 heteroatoms. The zero-order valence-corrected chi connectivity index (χ0v) is 20.8. The number of carbonyl (C=O) groups excluding carboxylic acids is 1. The zero-order valence-electron chi connectivity index (χ0n) is 20.0. The van der Waals surface area contributed by atoms with Crippen LogP contribution in [0.2, 0.25) is 0 Å². The lowest BCUT2D eigenvalue weighted by molar-refractivity contribution is 0.0951. The van der Waals surface area contributed by atoms with E-state index < -0.39 is 0 Å². The average Bonchev–Trinajstić information content (AvgIpc) is 2.92. The van der Waals surface area contributed by atoms with Gasteiger partial charge in [0.15, 0.2) is 5.16 Å². The van der Waals surface area contributed by atoms with Crippen molar-refractivity contribution in [3.8, 4) is 11.3 Å². The van der Waals surface area contributed by atoms with Crippen molar-refractivity contribution in [1.82, 2.24) is 20.3 Å². The van der Waals surface area contributed by atoms with Crippen LogP contribution in [0.15, 0.2) is 90.3 Å². The van der Waals surface area contributed by atoms with Crippen LogP contribution in [0.4, 0.5) is 5.82 Å². The number of rotatable bonds is 10. The smallest absolute Gasteiger partial charge is 0.251 e. The van der Waals surface area contributed by atoms with Crippen molar-refractivity contribution in [3.05, 3.63) is 102 Å². The molecule has 6 nitrogen and oxygen atoms in total. The number of nitrogens with one attached hydrogen (secondary N) is 1. The molecule has 0 aliphatic carbocycles. The predicted octanol–water partition coefficient (Wildman–Crippen LogP) is 5.61. The molecular formula is C28H29N5OS. The molecule has 2 heterocycles. The first-order valence-corrected chi connectivity index (χ1v) is 12.7. The quantitative estimate of drug-likeness (QED) is 0.234. The van der Waals surface area contributed by atoms with Gasteiger partial charge in [-0.15, -0.1) is 0 Å². The van der Waals surface area contributed by atoms with E-state index in [4.69, 9.17) is 9.97 Å². The molecule has 0 aliphatic rings. The first-order valence-electron chi connectivity index (χ1n) is 11.7. The monoisotopic (exact) mass is 483 g/mol. The SMILES string of the molecule is CCN(CC)c1cc(-c2ccccc2)nc(SCc2cccc(C(=O)NCc3cccnc3)c2)n1. The summed E-state index contributed by atoms with van der Waals surface area (Å²) in [6, 6.07) is 23.7. The fraction of sp³-hybridized carbons (Fsp3) is 0.214. The van der Waals surface area contributed by atoms with E-state index >= 15 is 0 Å². The highest BCUT2D eigenvalue weighted by Crippen LogP contribution is 2.27. The standard InChI is InChI=1S/C28H29N5OS/c1-3-33(4-2)26-17-25(23-12-6-5-7-13-23)31-28(32-26)35-20-21-10-8-14-24(16-21)27(34)30-19-22-11-9-15-29-18-22/h5-18H,3-4,19-20H2,1-2H3,(H,30,34). The van der Waals surface area contributed by atoms with E-state index in [1.165, 1.54) is 0 Å². The highest BCUT2D eigenvalue weighted by atomic mass is 32.2. The summed E-state index contributed by atoms with van der Waals surface area (Å²) in [6.45, 7) is 6.46. The Balaban J connectivity index is 1.48. The maximum atomic E-state index is 12.7. The van der Waals surface area contributed by atoms with Crippen molar-refractivity contribution in [2.45, 2.75) is 31.3 Å². The predicted molar refractivity (Wildman–Crippen MR) is 142 cm³/mol. The molecule has 0 unspecified atom stereocenters. The van der Waals surface area contributed by atoms with E-state index in [1.807, 2.05) is 54.6 Å². The molecule has 1 amide bonds. The van der Waals surface area contributed by atoms with E-state index in [0.717, 1.165) is 46.4 Å². The normalized spacial score (nSPS) is 10.7. The van der Waals surface area contributed by atoms with Gasteiger partial charge >= 0.3 is 0 Å². The number of benzene rings is 2. The third-order valence-corrected chi connectivity index (χ3v) is 6.50. The minimum atomic E-state index is -0.105. The van der Waals surface area contributed by atoms with Crippen molar-refractivity contribution in [3.63, 3.8) is 0 Å². The molecular weight excluding hydrogens is 454 g/mol. The number of hydrogen-bond donors (Lipinski definition) is 1. The van der Waals surface area contributed by atoms with E-state index in [-0.39, 0.29) is 5.91 Å². The number of anilines is 1. The Morgan fingerprint density at radius 1 is 0.914 bits per heavy atom. The first-order chi connectivity index (χ1) is 17.2. The van der Waals surface area contributed by atoms with Gasteiger partial charge in [-0.2, -0.15) is 0 Å². The van der Waals surface area contributed by atoms with Gasteiger partial charge < -0.3 is 10.2 Å². The van der Waals surface area contributed by atoms with Crippen LogP contribution < -0.4 is 10.2 Å². The van der Waals surface area contributed by atoms with Crippen LogP contribution >= 0.6 is 11.8 Å². The summed E-state index contributed by atoms with van der Waals surface area (Å²) >= 11 is 1.58. The van der Waals surface area contributed by atoms with Gasteiger partial charge in [0.2, 0.25) is 0 Å². The average molecular weight is 484 g/mol. The Bertz CT molecular complexity index is 1250. The zero-order chi connectivity index (χ0) is 24.5. The molecule has 0 saturated carbocycles. The number of hydrogen-bond acceptors (Lipinski definition) is 6. The Labute approximate surface area is 210 Å². The van der Waals surface area contributed by atoms with E-state index in [2.05, 4.69) is 47.2 Å². The molecule has 35 heavy (non-hydrogen) atoms. The number of pyridine rings is 1. The third-order valence-electron chi connectivity index (χ3n) is 5.58. The van der Waals surface area contributed by atoms with Gasteiger partial charge in [0, 0.05) is 55.0 Å². The van der Waals surface area contributed by atoms with E-state index in [0.29, 0.717) is 17.9 Å². The molecule has 178 valence electrons. The summed E-state index contributed by atoms with van der Waals surface area (Å²) < 4.78 is 0. The summed E-state index contributed by atoms with van der Waals surface area (Å²) in [5, 5.41) is 3.68. The Morgan fingerprint density at radius 2 is 1.71 bits per heavy atom. The lowest BCUT2D eigenvalue weighted by atomic mass is 10.1. The lowest BCUT2D eigenvalue weighted by Crippen LogP contribution is -2.23. The van der Waals surface area contributed by atoms with Crippen LogP contribution in [0.5, 0.6) is 0 Å². The van der Waals surface area contributed by atoms with Gasteiger partial charge in [-0.1, -0.05) is 60.3 Å². The first kappa shape index (κ1) is 24.4. The molecule has 4 rings (SSSR count). The Morgan fingerprint density at radius 3 is 2.46 bits per heavy atom. The second kappa shape index (κ2) is 12.1. The summed E-state index contributed by atoms with van der Waals surface area (Å²) in [6.07, 6.45) is 3.47. The highest BCUT2D eigenvalue weighted by molar-refractivity contribution is 7.98. The summed E-state index contributed by atoms with van der Waals surface area (Å²) in [7, 11) is 0. The van der Waals surface area contributed by atoms with Crippen molar-refractivity contribution in [2.75, 3.05) is 18.0 Å². The van der Waals surface area contributed by atoms with Gasteiger partial charge in [0.1, 0.15) is 5.82 Å². The van der Waals surface area contributed by atoms with Crippen LogP contribution in [0, 0.1) is 0 Å². The molecule has 0 bridgehead atoms.